The third-order valence-electron chi connectivity index (χ3n) is 3.72. The number of hydroxylamine groups is 2. The van der Waals surface area contributed by atoms with Crippen LogP contribution in [0.5, 0.6) is 0 Å². The first-order valence-electron chi connectivity index (χ1n) is 7.81. The van der Waals surface area contributed by atoms with Crippen molar-refractivity contribution in [3.63, 3.8) is 0 Å². The molecule has 0 aliphatic carbocycles. The van der Waals surface area contributed by atoms with E-state index in [1.807, 2.05) is 31.9 Å². The fourth-order valence-electron chi connectivity index (χ4n) is 2.74. The molecule has 0 amide bonds. The topological polar surface area (TPSA) is 30.9 Å². The monoisotopic (exact) mass is 293 g/mol. The van der Waals surface area contributed by atoms with E-state index in [0.29, 0.717) is 13.2 Å². The van der Waals surface area contributed by atoms with Crippen LogP contribution in [0.1, 0.15) is 39.7 Å². The summed E-state index contributed by atoms with van der Waals surface area (Å²) in [6.07, 6.45) is 0.997. The number of rotatable bonds is 7. The van der Waals surface area contributed by atoms with Crippen molar-refractivity contribution in [3.8, 4) is 0 Å². The lowest BCUT2D eigenvalue weighted by Gasteiger charge is -2.33. The normalized spacial score (nSPS) is 22.6. The SMILES string of the molecule is CCON(Cc1ccccc1)[C@H](CC)[C@H]1COC(C)(C)O1. The molecule has 0 spiro atoms. The zero-order chi connectivity index (χ0) is 15.3. The molecule has 0 aromatic heterocycles. The minimum Gasteiger partial charge on any atom is -0.348 e. The van der Waals surface area contributed by atoms with E-state index in [0.717, 1.165) is 13.0 Å². The average molecular weight is 293 g/mol. The summed E-state index contributed by atoms with van der Waals surface area (Å²) in [6.45, 7) is 10.1. The van der Waals surface area contributed by atoms with Crippen molar-refractivity contribution in [2.45, 2.75) is 58.6 Å². The largest absolute Gasteiger partial charge is 0.348 e. The molecule has 1 aliphatic rings. The molecule has 1 aliphatic heterocycles. The second-order valence-electron chi connectivity index (χ2n) is 5.82. The molecule has 1 saturated heterocycles. The molecule has 0 bridgehead atoms. The Hall–Kier alpha value is -0.940. The highest BCUT2D eigenvalue weighted by Gasteiger charge is 2.39. The Labute approximate surface area is 127 Å². The lowest BCUT2D eigenvalue weighted by atomic mass is 10.1. The van der Waals surface area contributed by atoms with Crippen LogP contribution in [0.25, 0.3) is 0 Å². The molecule has 0 radical (unpaired) electrons. The molecule has 1 aromatic rings. The van der Waals surface area contributed by atoms with Crippen molar-refractivity contribution in [2.75, 3.05) is 13.2 Å². The van der Waals surface area contributed by atoms with Gasteiger partial charge in [-0.1, -0.05) is 37.3 Å². The van der Waals surface area contributed by atoms with Gasteiger partial charge in [-0.2, -0.15) is 5.06 Å². The van der Waals surface area contributed by atoms with Crippen LogP contribution < -0.4 is 0 Å². The van der Waals surface area contributed by atoms with Gasteiger partial charge >= 0.3 is 0 Å². The predicted molar refractivity (Wildman–Crippen MR) is 82.6 cm³/mol. The van der Waals surface area contributed by atoms with Crippen molar-refractivity contribution < 1.29 is 14.3 Å². The molecule has 2 rings (SSSR count). The number of nitrogens with zero attached hydrogens (tertiary/aromatic N) is 1. The van der Waals surface area contributed by atoms with Gasteiger partial charge in [0.25, 0.3) is 0 Å². The lowest BCUT2D eigenvalue weighted by molar-refractivity contribution is -0.221. The molecule has 0 saturated carbocycles. The van der Waals surface area contributed by atoms with Crippen molar-refractivity contribution in [2.24, 2.45) is 0 Å². The van der Waals surface area contributed by atoms with Crippen LogP contribution in [0.2, 0.25) is 0 Å². The molecule has 1 aromatic carbocycles. The van der Waals surface area contributed by atoms with Crippen LogP contribution in [0.4, 0.5) is 0 Å². The summed E-state index contributed by atoms with van der Waals surface area (Å²) < 4.78 is 11.7. The smallest absolute Gasteiger partial charge is 0.163 e. The summed E-state index contributed by atoms with van der Waals surface area (Å²) >= 11 is 0. The molecular weight excluding hydrogens is 266 g/mol. The van der Waals surface area contributed by atoms with E-state index >= 15 is 0 Å². The number of ether oxygens (including phenoxy) is 2. The molecule has 1 heterocycles. The van der Waals surface area contributed by atoms with Gasteiger partial charge in [0.05, 0.1) is 19.3 Å². The van der Waals surface area contributed by atoms with Gasteiger partial charge < -0.3 is 9.47 Å². The zero-order valence-corrected chi connectivity index (χ0v) is 13.5. The molecule has 0 unspecified atom stereocenters. The lowest BCUT2D eigenvalue weighted by Crippen LogP contribution is -2.44. The van der Waals surface area contributed by atoms with Crippen LogP contribution >= 0.6 is 0 Å². The fraction of sp³-hybridized carbons (Fsp3) is 0.647. The molecule has 4 nitrogen and oxygen atoms in total. The van der Waals surface area contributed by atoms with E-state index < -0.39 is 5.79 Å². The Bertz CT molecular complexity index is 421. The van der Waals surface area contributed by atoms with Crippen LogP contribution in [-0.2, 0) is 20.9 Å². The van der Waals surface area contributed by atoms with Gasteiger partial charge in [0.1, 0.15) is 6.10 Å². The first-order chi connectivity index (χ1) is 10.1. The summed E-state index contributed by atoms with van der Waals surface area (Å²) in [7, 11) is 0. The highest BCUT2D eigenvalue weighted by atomic mass is 16.7. The molecule has 21 heavy (non-hydrogen) atoms. The van der Waals surface area contributed by atoms with E-state index in [4.69, 9.17) is 14.3 Å². The van der Waals surface area contributed by atoms with Gasteiger partial charge in [0.2, 0.25) is 0 Å². The van der Waals surface area contributed by atoms with Crippen LogP contribution in [0, 0.1) is 0 Å². The minimum absolute atomic E-state index is 0.0419. The highest BCUT2D eigenvalue weighted by Crippen LogP contribution is 2.28. The third kappa shape index (κ3) is 4.51. The first kappa shape index (κ1) is 16.4. The molecule has 2 atom stereocenters. The van der Waals surface area contributed by atoms with Gasteiger partial charge in [0, 0.05) is 6.54 Å². The van der Waals surface area contributed by atoms with E-state index in [-0.39, 0.29) is 12.1 Å². The van der Waals surface area contributed by atoms with Crippen LogP contribution in [0.3, 0.4) is 0 Å². The van der Waals surface area contributed by atoms with Gasteiger partial charge in [-0.15, -0.1) is 0 Å². The predicted octanol–water partition coefficient (Wildman–Crippen LogP) is 3.37. The van der Waals surface area contributed by atoms with Crippen molar-refractivity contribution in [3.05, 3.63) is 35.9 Å². The second kappa shape index (κ2) is 7.36. The summed E-state index contributed by atoms with van der Waals surface area (Å²) in [6, 6.07) is 10.6. The number of hydrogen-bond acceptors (Lipinski definition) is 4. The maximum absolute atomic E-state index is 6.02. The molecule has 118 valence electrons. The number of benzene rings is 1. The van der Waals surface area contributed by atoms with E-state index in [1.54, 1.807) is 0 Å². The van der Waals surface area contributed by atoms with Gasteiger partial charge in [-0.05, 0) is 32.8 Å². The quantitative estimate of drug-likeness (QED) is 0.721. The summed E-state index contributed by atoms with van der Waals surface area (Å²) in [5, 5.41) is 2.05. The summed E-state index contributed by atoms with van der Waals surface area (Å²) in [5.41, 5.74) is 1.24. The first-order valence-corrected chi connectivity index (χ1v) is 7.81. The fourth-order valence-corrected chi connectivity index (χ4v) is 2.74. The summed E-state index contributed by atoms with van der Waals surface area (Å²) in [4.78, 5) is 5.88. The zero-order valence-electron chi connectivity index (χ0n) is 13.5. The van der Waals surface area contributed by atoms with E-state index in [1.165, 1.54) is 5.56 Å². The highest BCUT2D eigenvalue weighted by molar-refractivity contribution is 5.14. The Balaban J connectivity index is 2.07. The third-order valence-corrected chi connectivity index (χ3v) is 3.72. The van der Waals surface area contributed by atoms with Crippen molar-refractivity contribution in [1.82, 2.24) is 5.06 Å². The Kier molecular flexibility index (Phi) is 5.76. The minimum atomic E-state index is -0.497. The maximum atomic E-state index is 6.02. The van der Waals surface area contributed by atoms with E-state index in [9.17, 15) is 0 Å². The summed E-state index contributed by atoms with van der Waals surface area (Å²) in [5.74, 6) is -0.497. The van der Waals surface area contributed by atoms with Crippen molar-refractivity contribution in [1.29, 1.82) is 0 Å². The van der Waals surface area contributed by atoms with E-state index in [2.05, 4.69) is 31.2 Å². The van der Waals surface area contributed by atoms with Crippen LogP contribution in [0.15, 0.2) is 30.3 Å². The maximum Gasteiger partial charge on any atom is 0.163 e. The molecule has 0 N–H and O–H groups in total. The molecule has 1 fully saturated rings. The molecular formula is C17H27NO3. The van der Waals surface area contributed by atoms with Gasteiger partial charge in [0.15, 0.2) is 5.79 Å². The number of hydrogen-bond donors (Lipinski definition) is 0. The average Bonchev–Trinajstić information content (AvgIpc) is 2.81. The standard InChI is InChI=1S/C17H27NO3/c1-5-15(16-13-19-17(3,4)21-16)18(20-6-2)12-14-10-8-7-9-11-14/h7-11,15-16H,5-6,12-13H2,1-4H3/t15-,16-/m1/s1. The van der Waals surface area contributed by atoms with Crippen LogP contribution in [-0.4, -0.2) is 36.2 Å². The van der Waals surface area contributed by atoms with Gasteiger partial charge in [-0.3, -0.25) is 4.84 Å². The van der Waals surface area contributed by atoms with Crippen molar-refractivity contribution >= 4 is 0 Å². The second-order valence-corrected chi connectivity index (χ2v) is 5.82. The Morgan fingerprint density at radius 2 is 2.00 bits per heavy atom. The van der Waals surface area contributed by atoms with Gasteiger partial charge in [-0.25, -0.2) is 0 Å². The Morgan fingerprint density at radius 1 is 1.29 bits per heavy atom. The molecule has 4 heteroatoms. The Morgan fingerprint density at radius 3 is 2.52 bits per heavy atom.